The Hall–Kier alpha value is -1.66. The fraction of sp³-hybridized carbons (Fsp3) is 0.250. The first-order valence-electron chi connectivity index (χ1n) is 5.71. The predicted octanol–water partition coefficient (Wildman–Crippen LogP) is 1.22. The van der Waals surface area contributed by atoms with Crippen molar-refractivity contribution >= 4 is 27.8 Å². The molecule has 1 aromatic heterocycles. The van der Waals surface area contributed by atoms with E-state index in [1.807, 2.05) is 28.8 Å². The van der Waals surface area contributed by atoms with Crippen LogP contribution in [0.2, 0.25) is 0 Å². The highest BCUT2D eigenvalue weighted by atomic mass is 32.2. The third kappa shape index (κ3) is 1.93. The first-order chi connectivity index (χ1) is 8.75. The highest BCUT2D eigenvalue weighted by molar-refractivity contribution is 7.79. The van der Waals surface area contributed by atoms with Crippen molar-refractivity contribution in [3.8, 4) is 0 Å². The second-order valence-corrected chi connectivity index (χ2v) is 5.08. The number of aromatic nitrogens is 1. The summed E-state index contributed by atoms with van der Waals surface area (Å²) >= 11 is -1.97. The van der Waals surface area contributed by atoms with Crippen LogP contribution < -0.4 is 5.32 Å². The van der Waals surface area contributed by atoms with Gasteiger partial charge in [-0.05, 0) is 6.07 Å². The summed E-state index contributed by atoms with van der Waals surface area (Å²) in [6.07, 6.45) is 1.73. The maximum absolute atomic E-state index is 11.3. The van der Waals surface area contributed by atoms with Crippen LogP contribution in [0.4, 0.5) is 0 Å². The minimum Gasteiger partial charge on any atom is -0.370 e. The molecule has 0 saturated carbocycles. The number of hydrogen-bond acceptors (Lipinski definition) is 3. The van der Waals surface area contributed by atoms with Crippen LogP contribution in [-0.2, 0) is 17.6 Å². The van der Waals surface area contributed by atoms with Gasteiger partial charge in [-0.1, -0.05) is 18.2 Å². The van der Waals surface area contributed by atoms with Gasteiger partial charge in [0.15, 0.2) is 11.1 Å². The summed E-state index contributed by atoms with van der Waals surface area (Å²) in [5.41, 5.74) is 0.950. The smallest absolute Gasteiger partial charge is 0.188 e. The van der Waals surface area contributed by atoms with E-state index in [1.165, 1.54) is 0 Å². The van der Waals surface area contributed by atoms with Gasteiger partial charge in [-0.3, -0.25) is 4.99 Å². The third-order valence-electron chi connectivity index (χ3n) is 3.00. The van der Waals surface area contributed by atoms with Crippen LogP contribution in [0.15, 0.2) is 40.4 Å². The Morgan fingerprint density at radius 1 is 1.44 bits per heavy atom. The molecule has 2 heterocycles. The van der Waals surface area contributed by atoms with Crippen molar-refractivity contribution in [1.29, 1.82) is 0 Å². The number of fused-ring (bicyclic) bond motifs is 1. The summed E-state index contributed by atoms with van der Waals surface area (Å²) in [7, 11) is 0. The van der Waals surface area contributed by atoms with E-state index < -0.39 is 11.1 Å². The highest BCUT2D eigenvalue weighted by Gasteiger charge is 2.14. The zero-order chi connectivity index (χ0) is 12.5. The van der Waals surface area contributed by atoms with Gasteiger partial charge in [0.25, 0.3) is 0 Å². The standard InChI is InChI=1S/C12H13N3O2S/c16-18(17)11-7-15(8-12-13-5-6-14-12)10-4-2-1-3-9(10)11/h1-4,7H,5-6,8H2,(H,13,14)(H,16,17). The Bertz CT molecular complexity index is 648. The van der Waals surface area contributed by atoms with E-state index in [-0.39, 0.29) is 0 Å². The van der Waals surface area contributed by atoms with Crippen molar-refractivity contribution in [2.75, 3.05) is 13.1 Å². The highest BCUT2D eigenvalue weighted by Crippen LogP contribution is 2.23. The van der Waals surface area contributed by atoms with Crippen molar-refractivity contribution in [3.05, 3.63) is 30.5 Å². The molecule has 2 N–H and O–H groups in total. The molecule has 5 nitrogen and oxygen atoms in total. The molecule has 2 aromatic rings. The lowest BCUT2D eigenvalue weighted by atomic mass is 10.2. The first kappa shape index (κ1) is 11.4. The van der Waals surface area contributed by atoms with Gasteiger partial charge >= 0.3 is 0 Å². The fourth-order valence-corrected chi connectivity index (χ4v) is 2.78. The van der Waals surface area contributed by atoms with Crippen LogP contribution in [0.5, 0.6) is 0 Å². The normalized spacial score (nSPS) is 16.6. The average molecular weight is 263 g/mol. The number of nitrogens with zero attached hydrogens (tertiary/aromatic N) is 2. The number of hydrogen-bond donors (Lipinski definition) is 2. The number of para-hydroxylation sites is 1. The molecule has 0 radical (unpaired) electrons. The summed E-state index contributed by atoms with van der Waals surface area (Å²) in [6.45, 7) is 2.28. The minimum atomic E-state index is -1.97. The van der Waals surface area contributed by atoms with E-state index in [4.69, 9.17) is 0 Å². The van der Waals surface area contributed by atoms with Crippen LogP contribution in [0, 0.1) is 0 Å². The Balaban J connectivity index is 2.08. The molecule has 94 valence electrons. The van der Waals surface area contributed by atoms with Crippen molar-refractivity contribution in [1.82, 2.24) is 9.88 Å². The third-order valence-corrected chi connectivity index (χ3v) is 3.71. The quantitative estimate of drug-likeness (QED) is 0.818. The lowest BCUT2D eigenvalue weighted by Crippen LogP contribution is -2.23. The van der Waals surface area contributed by atoms with Crippen molar-refractivity contribution in [2.24, 2.45) is 4.99 Å². The van der Waals surface area contributed by atoms with Gasteiger partial charge in [0, 0.05) is 23.6 Å². The van der Waals surface area contributed by atoms with Gasteiger partial charge in [-0.2, -0.15) is 0 Å². The number of aliphatic imine (C=N–C) groups is 1. The number of rotatable bonds is 3. The van der Waals surface area contributed by atoms with Crippen LogP contribution in [0.3, 0.4) is 0 Å². The molecule has 3 rings (SSSR count). The SMILES string of the molecule is O=S(O)c1cn(CC2=NCCN2)c2ccccc12. The molecular formula is C12H13N3O2S. The molecule has 0 bridgehead atoms. The van der Waals surface area contributed by atoms with E-state index >= 15 is 0 Å². The van der Waals surface area contributed by atoms with E-state index in [0.717, 1.165) is 29.8 Å². The van der Waals surface area contributed by atoms with E-state index in [2.05, 4.69) is 10.3 Å². The van der Waals surface area contributed by atoms with E-state index in [1.54, 1.807) is 6.20 Å². The van der Waals surface area contributed by atoms with E-state index in [0.29, 0.717) is 11.4 Å². The topological polar surface area (TPSA) is 66.6 Å². The molecule has 0 spiro atoms. The summed E-state index contributed by atoms with van der Waals surface area (Å²) in [4.78, 5) is 4.79. The molecule has 0 fully saturated rings. The zero-order valence-corrected chi connectivity index (χ0v) is 10.5. The number of nitrogens with one attached hydrogen (secondary N) is 1. The van der Waals surface area contributed by atoms with Gasteiger partial charge in [-0.15, -0.1) is 0 Å². The maximum Gasteiger partial charge on any atom is 0.188 e. The van der Waals surface area contributed by atoms with Crippen molar-refractivity contribution < 1.29 is 8.76 Å². The predicted molar refractivity (Wildman–Crippen MR) is 71.3 cm³/mol. The van der Waals surface area contributed by atoms with Crippen LogP contribution in [0.1, 0.15) is 0 Å². The second kappa shape index (κ2) is 4.55. The Morgan fingerprint density at radius 3 is 3.00 bits per heavy atom. The summed E-state index contributed by atoms with van der Waals surface area (Å²) in [6, 6.07) is 7.60. The summed E-state index contributed by atoms with van der Waals surface area (Å²) in [5, 5.41) is 4.02. The Labute approximate surface area is 107 Å². The second-order valence-electron chi connectivity index (χ2n) is 4.14. The molecule has 0 amide bonds. The molecule has 1 unspecified atom stereocenters. The molecule has 1 atom stereocenters. The van der Waals surface area contributed by atoms with Crippen molar-refractivity contribution in [3.63, 3.8) is 0 Å². The van der Waals surface area contributed by atoms with Gasteiger partial charge < -0.3 is 14.4 Å². The van der Waals surface area contributed by atoms with Crippen LogP contribution in [-0.4, -0.2) is 32.3 Å². The molecule has 18 heavy (non-hydrogen) atoms. The first-order valence-corrected chi connectivity index (χ1v) is 6.82. The van der Waals surface area contributed by atoms with Gasteiger partial charge in [0.2, 0.25) is 0 Å². The van der Waals surface area contributed by atoms with Crippen LogP contribution >= 0.6 is 0 Å². The van der Waals surface area contributed by atoms with Gasteiger partial charge in [-0.25, -0.2) is 4.21 Å². The minimum absolute atomic E-state index is 0.448. The Morgan fingerprint density at radius 2 is 2.28 bits per heavy atom. The lowest BCUT2D eigenvalue weighted by molar-refractivity contribution is 0.565. The molecule has 1 aliphatic rings. The molecular weight excluding hydrogens is 250 g/mol. The molecule has 1 aliphatic heterocycles. The molecule has 0 saturated heterocycles. The molecule has 0 aliphatic carbocycles. The van der Waals surface area contributed by atoms with E-state index in [9.17, 15) is 8.76 Å². The molecule has 6 heteroatoms. The van der Waals surface area contributed by atoms with Gasteiger partial charge in [0.05, 0.1) is 18.0 Å². The lowest BCUT2D eigenvalue weighted by Gasteiger charge is -2.05. The van der Waals surface area contributed by atoms with Crippen LogP contribution in [0.25, 0.3) is 10.9 Å². The number of amidine groups is 1. The van der Waals surface area contributed by atoms with Crippen molar-refractivity contribution in [2.45, 2.75) is 11.4 Å². The summed E-state index contributed by atoms with van der Waals surface area (Å²) < 4.78 is 22.6. The average Bonchev–Trinajstić information content (AvgIpc) is 2.98. The molecule has 1 aromatic carbocycles. The largest absolute Gasteiger partial charge is 0.370 e. The maximum atomic E-state index is 11.3. The summed E-state index contributed by atoms with van der Waals surface area (Å²) in [5.74, 6) is 0.922. The monoisotopic (exact) mass is 263 g/mol. The zero-order valence-electron chi connectivity index (χ0n) is 9.67. The van der Waals surface area contributed by atoms with Gasteiger partial charge in [0.1, 0.15) is 5.84 Å². The number of benzene rings is 1. The Kier molecular flexibility index (Phi) is 2.89. The fourth-order valence-electron chi connectivity index (χ4n) is 2.20.